The first-order valence-electron chi connectivity index (χ1n) is 7.12. The lowest BCUT2D eigenvalue weighted by Crippen LogP contribution is -2.16. The molecule has 0 unspecified atom stereocenters. The minimum Gasteiger partial charge on any atom is -0.316 e. The van der Waals surface area contributed by atoms with Crippen LogP contribution in [0.25, 0.3) is 10.2 Å². The molecule has 0 atom stereocenters. The maximum atomic E-state index is 12.4. The minimum absolute atomic E-state index is 0.304. The van der Waals surface area contributed by atoms with Gasteiger partial charge in [-0.1, -0.05) is 54.1 Å². The van der Waals surface area contributed by atoms with E-state index in [4.69, 9.17) is 11.6 Å². The van der Waals surface area contributed by atoms with Crippen LogP contribution >= 0.6 is 22.9 Å². The highest BCUT2D eigenvalue weighted by atomic mass is 35.5. The van der Waals surface area contributed by atoms with E-state index in [0.29, 0.717) is 15.4 Å². The summed E-state index contributed by atoms with van der Waals surface area (Å²) < 4.78 is 3.22. The number of thiazole rings is 1. The standard InChI is InChI=1S/C17H15ClN2OS/c1-2-11-20-14-9-5-6-10-15(14)22-17(20)19-16(21)12-7-3-4-8-13(12)18/h3-10H,2,11H2,1H3. The van der Waals surface area contributed by atoms with Crippen molar-refractivity contribution >= 4 is 39.1 Å². The number of nitrogens with zero attached hydrogens (tertiary/aromatic N) is 2. The summed E-state index contributed by atoms with van der Waals surface area (Å²) in [6.45, 7) is 2.94. The molecule has 3 aromatic rings. The van der Waals surface area contributed by atoms with Gasteiger partial charge in [0.2, 0.25) is 0 Å². The molecule has 0 saturated heterocycles. The van der Waals surface area contributed by atoms with Gasteiger partial charge in [0.05, 0.1) is 20.8 Å². The van der Waals surface area contributed by atoms with Crippen LogP contribution in [-0.2, 0) is 6.54 Å². The number of amides is 1. The lowest BCUT2D eigenvalue weighted by Gasteiger charge is -2.02. The molecule has 0 aliphatic carbocycles. The van der Waals surface area contributed by atoms with Gasteiger partial charge >= 0.3 is 0 Å². The number of aromatic nitrogens is 1. The second-order valence-corrected chi connectivity index (χ2v) is 6.32. The second kappa shape index (κ2) is 6.46. The van der Waals surface area contributed by atoms with Gasteiger partial charge < -0.3 is 4.57 Å². The van der Waals surface area contributed by atoms with Crippen LogP contribution in [-0.4, -0.2) is 10.5 Å². The van der Waals surface area contributed by atoms with E-state index in [-0.39, 0.29) is 5.91 Å². The molecule has 2 aromatic carbocycles. The van der Waals surface area contributed by atoms with Crippen molar-refractivity contribution in [2.24, 2.45) is 4.99 Å². The topological polar surface area (TPSA) is 34.4 Å². The van der Waals surface area contributed by atoms with Gasteiger partial charge in [-0.3, -0.25) is 4.79 Å². The molecule has 5 heteroatoms. The van der Waals surface area contributed by atoms with Gasteiger partial charge in [0.25, 0.3) is 5.91 Å². The number of carbonyl (C=O) groups is 1. The first kappa shape index (κ1) is 15.0. The van der Waals surface area contributed by atoms with Crippen LogP contribution in [0.4, 0.5) is 0 Å². The Hall–Kier alpha value is -1.91. The summed E-state index contributed by atoms with van der Waals surface area (Å²) in [7, 11) is 0. The highest BCUT2D eigenvalue weighted by molar-refractivity contribution is 7.16. The van der Waals surface area contributed by atoms with Crippen molar-refractivity contribution in [3.63, 3.8) is 0 Å². The Morgan fingerprint density at radius 2 is 1.91 bits per heavy atom. The summed E-state index contributed by atoms with van der Waals surface area (Å²) in [6.07, 6.45) is 0.980. The fourth-order valence-corrected chi connectivity index (χ4v) is 3.60. The molecule has 0 spiro atoms. The first-order valence-corrected chi connectivity index (χ1v) is 8.32. The molecule has 0 radical (unpaired) electrons. The maximum Gasteiger partial charge on any atom is 0.281 e. The molecule has 1 aromatic heterocycles. The fraction of sp³-hybridized carbons (Fsp3) is 0.176. The number of carbonyl (C=O) groups excluding carboxylic acids is 1. The van der Waals surface area contributed by atoms with Crippen LogP contribution < -0.4 is 4.80 Å². The Bertz CT molecular complexity index is 895. The molecular formula is C17H15ClN2OS. The minimum atomic E-state index is -0.304. The largest absolute Gasteiger partial charge is 0.316 e. The molecular weight excluding hydrogens is 316 g/mol. The number of hydrogen-bond donors (Lipinski definition) is 0. The summed E-state index contributed by atoms with van der Waals surface area (Å²) >= 11 is 7.61. The molecule has 0 aliphatic heterocycles. The molecule has 1 amide bonds. The third-order valence-corrected chi connectivity index (χ3v) is 4.73. The Labute approximate surface area is 137 Å². The zero-order valence-corrected chi connectivity index (χ0v) is 13.7. The molecule has 1 heterocycles. The van der Waals surface area contributed by atoms with Crippen molar-refractivity contribution in [2.75, 3.05) is 0 Å². The van der Waals surface area contributed by atoms with Crippen molar-refractivity contribution in [3.05, 3.63) is 63.9 Å². The zero-order chi connectivity index (χ0) is 15.5. The highest BCUT2D eigenvalue weighted by Gasteiger charge is 2.10. The van der Waals surface area contributed by atoms with Crippen molar-refractivity contribution in [1.29, 1.82) is 0 Å². The molecule has 3 rings (SSSR count). The smallest absolute Gasteiger partial charge is 0.281 e. The Kier molecular flexibility index (Phi) is 4.41. The number of para-hydroxylation sites is 1. The van der Waals surface area contributed by atoms with Crippen molar-refractivity contribution in [3.8, 4) is 0 Å². The van der Waals surface area contributed by atoms with Crippen LogP contribution in [0.2, 0.25) is 5.02 Å². The molecule has 112 valence electrons. The van der Waals surface area contributed by atoms with Crippen LogP contribution in [0.1, 0.15) is 23.7 Å². The molecule has 0 fully saturated rings. The number of rotatable bonds is 3. The van der Waals surface area contributed by atoms with Gasteiger partial charge in [-0.2, -0.15) is 4.99 Å². The highest BCUT2D eigenvalue weighted by Crippen LogP contribution is 2.18. The first-order chi connectivity index (χ1) is 10.7. The van der Waals surface area contributed by atoms with Gasteiger partial charge in [0.15, 0.2) is 4.80 Å². The number of fused-ring (bicyclic) bond motifs is 1. The number of aryl methyl sites for hydroxylation is 1. The molecule has 0 bridgehead atoms. The molecule has 22 heavy (non-hydrogen) atoms. The van der Waals surface area contributed by atoms with Crippen LogP contribution in [0.5, 0.6) is 0 Å². The molecule has 0 saturated carbocycles. The molecule has 0 aliphatic rings. The Morgan fingerprint density at radius 3 is 2.68 bits per heavy atom. The Morgan fingerprint density at radius 1 is 1.18 bits per heavy atom. The third-order valence-electron chi connectivity index (χ3n) is 3.34. The van der Waals surface area contributed by atoms with Gasteiger partial charge in [-0.15, -0.1) is 0 Å². The average molecular weight is 331 g/mol. The lowest BCUT2D eigenvalue weighted by molar-refractivity contribution is 0.0998. The van der Waals surface area contributed by atoms with Crippen molar-refractivity contribution < 1.29 is 4.79 Å². The van der Waals surface area contributed by atoms with Gasteiger partial charge in [0.1, 0.15) is 0 Å². The molecule has 3 nitrogen and oxygen atoms in total. The Balaban J connectivity index is 2.14. The van der Waals surface area contributed by atoms with Crippen LogP contribution in [0.15, 0.2) is 53.5 Å². The van der Waals surface area contributed by atoms with E-state index in [1.165, 1.54) is 11.3 Å². The summed E-state index contributed by atoms with van der Waals surface area (Å²) in [5.74, 6) is -0.304. The fourth-order valence-electron chi connectivity index (χ4n) is 2.33. The van der Waals surface area contributed by atoms with Gasteiger partial charge in [-0.05, 0) is 30.7 Å². The zero-order valence-electron chi connectivity index (χ0n) is 12.1. The van der Waals surface area contributed by atoms with Crippen molar-refractivity contribution in [1.82, 2.24) is 4.57 Å². The summed E-state index contributed by atoms with van der Waals surface area (Å²) in [6, 6.07) is 15.1. The number of hydrogen-bond acceptors (Lipinski definition) is 2. The monoisotopic (exact) mass is 330 g/mol. The predicted molar refractivity (Wildman–Crippen MR) is 91.5 cm³/mol. The predicted octanol–water partition coefficient (Wildman–Crippen LogP) is 4.51. The van der Waals surface area contributed by atoms with E-state index in [1.807, 2.05) is 18.2 Å². The van der Waals surface area contributed by atoms with E-state index < -0.39 is 0 Å². The second-order valence-electron chi connectivity index (χ2n) is 4.90. The van der Waals surface area contributed by atoms with E-state index >= 15 is 0 Å². The number of halogens is 1. The van der Waals surface area contributed by atoms with Crippen molar-refractivity contribution in [2.45, 2.75) is 19.9 Å². The van der Waals surface area contributed by atoms with Crippen LogP contribution in [0.3, 0.4) is 0 Å². The number of benzene rings is 2. The van der Waals surface area contributed by atoms with Crippen LogP contribution in [0, 0.1) is 0 Å². The van der Waals surface area contributed by atoms with Gasteiger partial charge in [-0.25, -0.2) is 0 Å². The molecule has 0 N–H and O–H groups in total. The quantitative estimate of drug-likeness (QED) is 0.696. The average Bonchev–Trinajstić information content (AvgIpc) is 2.86. The summed E-state index contributed by atoms with van der Waals surface area (Å²) in [5, 5.41) is 0.430. The van der Waals surface area contributed by atoms with E-state index in [9.17, 15) is 4.79 Å². The van der Waals surface area contributed by atoms with E-state index in [1.54, 1.807) is 24.3 Å². The van der Waals surface area contributed by atoms with E-state index in [0.717, 1.165) is 23.2 Å². The van der Waals surface area contributed by atoms with E-state index in [2.05, 4.69) is 22.5 Å². The third kappa shape index (κ3) is 2.85. The summed E-state index contributed by atoms with van der Waals surface area (Å²) in [4.78, 5) is 17.4. The maximum absolute atomic E-state index is 12.4. The summed E-state index contributed by atoms with van der Waals surface area (Å²) in [5.41, 5.74) is 1.55. The SMILES string of the molecule is CCCn1c(=NC(=O)c2ccccc2Cl)sc2ccccc21. The van der Waals surface area contributed by atoms with Gasteiger partial charge in [0, 0.05) is 6.54 Å². The normalized spacial score (nSPS) is 12.0. The lowest BCUT2D eigenvalue weighted by atomic mass is 10.2.